The van der Waals surface area contributed by atoms with Crippen molar-refractivity contribution in [2.45, 2.75) is 5.50 Å². The molecule has 13 heavy (non-hydrogen) atoms. The molecule has 66 valence electrons. The molecule has 0 saturated heterocycles. The third-order valence-corrected chi connectivity index (χ3v) is 2.41. The summed E-state index contributed by atoms with van der Waals surface area (Å²) in [5.74, 6) is 0. The molecule has 0 amide bonds. The molecule has 0 radical (unpaired) electrons. The van der Waals surface area contributed by atoms with Gasteiger partial charge in [0.25, 0.3) is 0 Å². The normalized spacial score (nSPS) is 20.6. The van der Waals surface area contributed by atoms with E-state index in [0.717, 1.165) is 5.69 Å². The fourth-order valence-electron chi connectivity index (χ4n) is 1.04. The van der Waals surface area contributed by atoms with Crippen molar-refractivity contribution < 1.29 is 4.79 Å². The molecule has 0 saturated carbocycles. The fourth-order valence-corrected chi connectivity index (χ4v) is 1.70. The molecule has 1 N–H and O–H groups in total. The van der Waals surface area contributed by atoms with Crippen LogP contribution in [0.1, 0.15) is 0 Å². The van der Waals surface area contributed by atoms with E-state index in [-0.39, 0.29) is 10.6 Å². The van der Waals surface area contributed by atoms with Gasteiger partial charge in [-0.05, 0) is 23.9 Å². The zero-order chi connectivity index (χ0) is 9.10. The van der Waals surface area contributed by atoms with Crippen LogP contribution in [0.4, 0.5) is 5.69 Å². The lowest BCUT2D eigenvalue weighted by molar-refractivity contribution is -0.105. The Bertz CT molecular complexity index is 337. The van der Waals surface area contributed by atoms with Gasteiger partial charge in [0.2, 0.25) is 5.12 Å². The predicted molar refractivity (Wildman–Crippen MR) is 54.9 cm³/mol. The first-order valence-corrected chi connectivity index (χ1v) is 4.78. The largest absolute Gasteiger partial charge is 0.355 e. The Labute approximate surface area is 80.3 Å². The number of rotatable bonds is 2. The highest BCUT2D eigenvalue weighted by molar-refractivity contribution is 8.16. The fraction of sp³-hybridized carbons (Fsp3) is 0.111. The van der Waals surface area contributed by atoms with Gasteiger partial charge in [0, 0.05) is 5.69 Å². The molecule has 3 nitrogen and oxygen atoms in total. The summed E-state index contributed by atoms with van der Waals surface area (Å²) in [7, 11) is 0. The number of thioether (sulfide) groups is 1. The van der Waals surface area contributed by atoms with Crippen LogP contribution >= 0.6 is 11.8 Å². The number of carbonyl (C=O) groups is 1. The highest BCUT2D eigenvalue weighted by Gasteiger charge is 2.17. The van der Waals surface area contributed by atoms with Gasteiger partial charge < -0.3 is 5.32 Å². The van der Waals surface area contributed by atoms with Crippen molar-refractivity contribution in [3.8, 4) is 0 Å². The van der Waals surface area contributed by atoms with Gasteiger partial charge >= 0.3 is 0 Å². The number of nitrogens with zero attached hydrogens (tertiary/aromatic N) is 1. The van der Waals surface area contributed by atoms with Crippen LogP contribution in [0.25, 0.3) is 0 Å². The Balaban J connectivity index is 2.00. The van der Waals surface area contributed by atoms with E-state index in [0.29, 0.717) is 0 Å². The maximum absolute atomic E-state index is 10.8. The second-order valence-corrected chi connectivity index (χ2v) is 3.66. The van der Waals surface area contributed by atoms with Crippen LogP contribution in [0, 0.1) is 0 Å². The Morgan fingerprint density at radius 3 is 2.69 bits per heavy atom. The zero-order valence-corrected chi connectivity index (χ0v) is 7.62. The summed E-state index contributed by atoms with van der Waals surface area (Å²) in [5.41, 5.74) is 0.821. The van der Waals surface area contributed by atoms with E-state index in [1.165, 1.54) is 18.0 Å². The van der Waals surface area contributed by atoms with Crippen molar-refractivity contribution >= 4 is 28.8 Å². The summed E-state index contributed by atoms with van der Waals surface area (Å²) in [5, 5.41) is 3.12. The quantitative estimate of drug-likeness (QED) is 0.775. The maximum atomic E-state index is 10.8. The first-order chi connectivity index (χ1) is 6.34. The van der Waals surface area contributed by atoms with E-state index in [4.69, 9.17) is 0 Å². The maximum Gasteiger partial charge on any atom is 0.233 e. The minimum Gasteiger partial charge on any atom is -0.355 e. The van der Waals surface area contributed by atoms with E-state index in [9.17, 15) is 4.79 Å². The van der Waals surface area contributed by atoms with Crippen molar-refractivity contribution in [2.24, 2.45) is 4.99 Å². The lowest BCUT2D eigenvalue weighted by atomic mass is 10.3. The highest BCUT2D eigenvalue weighted by atomic mass is 32.2. The second-order valence-electron chi connectivity index (χ2n) is 2.58. The van der Waals surface area contributed by atoms with Crippen LogP contribution in [0.2, 0.25) is 0 Å². The van der Waals surface area contributed by atoms with Crippen molar-refractivity contribution in [1.29, 1.82) is 0 Å². The summed E-state index contributed by atoms with van der Waals surface area (Å²) in [4.78, 5) is 14.8. The van der Waals surface area contributed by atoms with Gasteiger partial charge in [-0.1, -0.05) is 18.2 Å². The number of benzene rings is 1. The zero-order valence-electron chi connectivity index (χ0n) is 6.81. The molecule has 1 aromatic rings. The summed E-state index contributed by atoms with van der Waals surface area (Å²) in [6, 6.07) is 9.71. The van der Waals surface area contributed by atoms with Crippen LogP contribution in [-0.2, 0) is 4.79 Å². The van der Waals surface area contributed by atoms with Gasteiger partial charge in [-0.3, -0.25) is 9.79 Å². The number of aliphatic imine (C=N–C) groups is 1. The topological polar surface area (TPSA) is 41.5 Å². The molecule has 1 unspecified atom stereocenters. The van der Waals surface area contributed by atoms with Gasteiger partial charge in [-0.25, -0.2) is 0 Å². The molecule has 2 rings (SSSR count). The third kappa shape index (κ3) is 2.09. The molecule has 0 aliphatic carbocycles. The van der Waals surface area contributed by atoms with Crippen LogP contribution in [0.15, 0.2) is 35.3 Å². The molecule has 1 aromatic carbocycles. The minimum atomic E-state index is -0.158. The van der Waals surface area contributed by atoms with Crippen LogP contribution < -0.4 is 5.32 Å². The van der Waals surface area contributed by atoms with Crippen molar-refractivity contribution in [3.05, 3.63) is 30.3 Å². The number of hydrogen-bond acceptors (Lipinski definition) is 4. The van der Waals surface area contributed by atoms with E-state index in [1.807, 2.05) is 30.3 Å². The summed E-state index contributed by atoms with van der Waals surface area (Å²) >= 11 is 1.19. The van der Waals surface area contributed by atoms with E-state index < -0.39 is 0 Å². The summed E-state index contributed by atoms with van der Waals surface area (Å²) in [6.45, 7) is 0. The van der Waals surface area contributed by atoms with E-state index in [1.54, 1.807) is 0 Å². The predicted octanol–water partition coefficient (Wildman–Crippen LogP) is 1.73. The van der Waals surface area contributed by atoms with Crippen LogP contribution in [0.3, 0.4) is 0 Å². The van der Waals surface area contributed by atoms with Gasteiger partial charge in [-0.2, -0.15) is 0 Å². The molecule has 1 atom stereocenters. The first-order valence-electron chi connectivity index (χ1n) is 3.90. The van der Waals surface area contributed by atoms with Crippen LogP contribution in [0.5, 0.6) is 0 Å². The molecule has 1 heterocycles. The third-order valence-electron chi connectivity index (χ3n) is 1.61. The van der Waals surface area contributed by atoms with Gasteiger partial charge in [0.1, 0.15) is 0 Å². The molecule has 0 fully saturated rings. The SMILES string of the molecule is O=C1C=NC(Nc2ccccc2)S1. The molecule has 1 aliphatic heterocycles. The van der Waals surface area contributed by atoms with Gasteiger partial charge in [0.15, 0.2) is 5.50 Å². The Morgan fingerprint density at radius 2 is 2.08 bits per heavy atom. The number of hydrogen-bond donors (Lipinski definition) is 1. The monoisotopic (exact) mass is 192 g/mol. The Morgan fingerprint density at radius 1 is 1.31 bits per heavy atom. The van der Waals surface area contributed by atoms with Gasteiger partial charge in [-0.15, -0.1) is 0 Å². The van der Waals surface area contributed by atoms with E-state index >= 15 is 0 Å². The number of nitrogens with one attached hydrogen (secondary N) is 1. The van der Waals surface area contributed by atoms with Crippen molar-refractivity contribution in [1.82, 2.24) is 0 Å². The summed E-state index contributed by atoms with van der Waals surface area (Å²) in [6.07, 6.45) is 1.35. The molecular formula is C9H8N2OS. The molecular weight excluding hydrogens is 184 g/mol. The number of carbonyl (C=O) groups excluding carboxylic acids is 1. The standard InChI is InChI=1S/C9H8N2OS/c12-8-6-10-9(13-8)11-7-4-2-1-3-5-7/h1-6,9,11H. The second kappa shape index (κ2) is 3.62. The van der Waals surface area contributed by atoms with Crippen molar-refractivity contribution in [3.63, 3.8) is 0 Å². The average molecular weight is 192 g/mol. The van der Waals surface area contributed by atoms with E-state index in [2.05, 4.69) is 10.3 Å². The number of anilines is 1. The Hall–Kier alpha value is -1.29. The minimum absolute atomic E-state index is 0.00781. The van der Waals surface area contributed by atoms with Crippen LogP contribution in [-0.4, -0.2) is 16.8 Å². The smallest absolute Gasteiger partial charge is 0.233 e. The molecule has 4 heteroatoms. The first kappa shape index (κ1) is 8.31. The van der Waals surface area contributed by atoms with Crippen molar-refractivity contribution in [2.75, 3.05) is 5.32 Å². The average Bonchev–Trinajstić information content (AvgIpc) is 2.53. The molecule has 0 spiro atoms. The highest BCUT2D eigenvalue weighted by Crippen LogP contribution is 2.20. The molecule has 1 aliphatic rings. The molecule has 0 bridgehead atoms. The van der Waals surface area contributed by atoms with Gasteiger partial charge in [0.05, 0.1) is 6.21 Å². The molecule has 0 aromatic heterocycles. The lowest BCUT2D eigenvalue weighted by Crippen LogP contribution is -2.09. The summed E-state index contributed by atoms with van der Waals surface area (Å²) < 4.78 is 0. The Kier molecular flexibility index (Phi) is 2.31. The lowest BCUT2D eigenvalue weighted by Gasteiger charge is -2.08. The number of para-hydroxylation sites is 1.